The fraction of sp³-hybridized carbons (Fsp3) is 0.167. The number of aromatic carboxylic acids is 1. The molecule has 0 aliphatic carbocycles. The van der Waals surface area contributed by atoms with Gasteiger partial charge in [-0.15, -0.1) is 0 Å². The predicted molar refractivity (Wildman–Crippen MR) is 39.6 cm³/mol. The van der Waals surface area contributed by atoms with Crippen molar-refractivity contribution in [2.45, 2.75) is 6.18 Å². The molecule has 6 nitrogen and oxygen atoms in total. The first-order chi connectivity index (χ1) is 6.73. The lowest BCUT2D eigenvalue weighted by atomic mass is 10.2. The SMILES string of the molecule is O=C(O)c1[nH]c(=O)[nH]c(=O)c1C(F)(F)F. The number of aromatic amines is 2. The molecule has 82 valence electrons. The Bertz CT molecular complexity index is 512. The molecule has 9 heteroatoms. The number of rotatable bonds is 1. The number of H-pyrrole nitrogens is 2. The van der Waals surface area contributed by atoms with E-state index in [0.29, 0.717) is 0 Å². The molecular weight excluding hydrogens is 221 g/mol. The van der Waals surface area contributed by atoms with Crippen LogP contribution in [0.25, 0.3) is 0 Å². The topological polar surface area (TPSA) is 103 Å². The van der Waals surface area contributed by atoms with Crippen LogP contribution in [0.3, 0.4) is 0 Å². The average molecular weight is 224 g/mol. The number of carbonyl (C=O) groups is 1. The Morgan fingerprint density at radius 3 is 2.13 bits per heavy atom. The van der Waals surface area contributed by atoms with E-state index in [1.807, 2.05) is 0 Å². The lowest BCUT2D eigenvalue weighted by Gasteiger charge is -2.07. The molecule has 0 spiro atoms. The van der Waals surface area contributed by atoms with Gasteiger partial charge in [0.1, 0.15) is 5.69 Å². The number of hydrogen-bond donors (Lipinski definition) is 3. The molecule has 15 heavy (non-hydrogen) atoms. The van der Waals surface area contributed by atoms with Crippen LogP contribution in [-0.4, -0.2) is 21.0 Å². The number of nitrogens with one attached hydrogen (secondary N) is 2. The van der Waals surface area contributed by atoms with Crippen molar-refractivity contribution in [2.24, 2.45) is 0 Å². The van der Waals surface area contributed by atoms with E-state index >= 15 is 0 Å². The first kappa shape index (κ1) is 11.0. The third-order valence-electron chi connectivity index (χ3n) is 1.44. The molecule has 0 unspecified atom stereocenters. The number of alkyl halides is 3. The first-order valence-electron chi connectivity index (χ1n) is 3.40. The zero-order valence-electron chi connectivity index (χ0n) is 6.81. The van der Waals surface area contributed by atoms with Gasteiger partial charge < -0.3 is 10.1 Å². The summed E-state index contributed by atoms with van der Waals surface area (Å²) in [5.41, 5.74) is -6.51. The number of hydrogen-bond acceptors (Lipinski definition) is 3. The van der Waals surface area contributed by atoms with E-state index in [1.165, 1.54) is 9.97 Å². The van der Waals surface area contributed by atoms with Gasteiger partial charge in [0.25, 0.3) is 5.56 Å². The van der Waals surface area contributed by atoms with Crippen molar-refractivity contribution in [1.82, 2.24) is 9.97 Å². The van der Waals surface area contributed by atoms with Gasteiger partial charge in [-0.3, -0.25) is 9.78 Å². The normalized spacial score (nSPS) is 11.4. The van der Waals surface area contributed by atoms with Crippen LogP contribution in [0.5, 0.6) is 0 Å². The summed E-state index contributed by atoms with van der Waals surface area (Å²) in [4.78, 5) is 34.3. The first-order valence-corrected chi connectivity index (χ1v) is 3.40. The van der Waals surface area contributed by atoms with Gasteiger partial charge in [-0.2, -0.15) is 13.2 Å². The van der Waals surface area contributed by atoms with E-state index in [0.717, 1.165) is 0 Å². The Labute approximate surface area is 78.4 Å². The van der Waals surface area contributed by atoms with Gasteiger partial charge >= 0.3 is 17.8 Å². The minimum atomic E-state index is -5.15. The standard InChI is InChI=1S/C6H3F3N2O4/c7-6(8,9)1-2(4(13)14)10-5(15)11-3(1)12/h(H,13,14)(H2,10,11,12,15). The summed E-state index contributed by atoms with van der Waals surface area (Å²) >= 11 is 0. The minimum Gasteiger partial charge on any atom is -0.477 e. The summed E-state index contributed by atoms with van der Waals surface area (Å²) in [7, 11) is 0. The van der Waals surface area contributed by atoms with Crippen LogP contribution in [0.4, 0.5) is 13.2 Å². The highest BCUT2D eigenvalue weighted by Gasteiger charge is 2.39. The van der Waals surface area contributed by atoms with Gasteiger partial charge in [0.05, 0.1) is 0 Å². The van der Waals surface area contributed by atoms with E-state index in [2.05, 4.69) is 0 Å². The second kappa shape index (κ2) is 3.26. The molecule has 0 radical (unpaired) electrons. The van der Waals surface area contributed by atoms with Gasteiger partial charge in [-0.25, -0.2) is 9.59 Å². The maximum absolute atomic E-state index is 12.2. The maximum Gasteiger partial charge on any atom is 0.424 e. The fourth-order valence-corrected chi connectivity index (χ4v) is 0.917. The van der Waals surface area contributed by atoms with Crippen molar-refractivity contribution < 1.29 is 23.1 Å². The van der Waals surface area contributed by atoms with Gasteiger partial charge in [0.15, 0.2) is 5.56 Å². The molecular formula is C6H3F3N2O4. The summed E-state index contributed by atoms with van der Waals surface area (Å²) in [6.45, 7) is 0. The molecule has 1 aromatic rings. The lowest BCUT2D eigenvalue weighted by Crippen LogP contribution is -2.34. The molecule has 1 rings (SSSR count). The minimum absolute atomic E-state index is 1.29. The van der Waals surface area contributed by atoms with Crippen LogP contribution in [0.1, 0.15) is 16.1 Å². The van der Waals surface area contributed by atoms with Crippen molar-refractivity contribution in [2.75, 3.05) is 0 Å². The Morgan fingerprint density at radius 1 is 1.20 bits per heavy atom. The molecule has 1 heterocycles. The smallest absolute Gasteiger partial charge is 0.424 e. The molecule has 0 aliphatic heterocycles. The molecule has 3 N–H and O–H groups in total. The van der Waals surface area contributed by atoms with Gasteiger partial charge in [-0.1, -0.05) is 0 Å². The van der Waals surface area contributed by atoms with Crippen LogP contribution >= 0.6 is 0 Å². The number of aromatic nitrogens is 2. The third-order valence-corrected chi connectivity index (χ3v) is 1.44. The summed E-state index contributed by atoms with van der Waals surface area (Å²) in [5, 5.41) is 8.35. The predicted octanol–water partition coefficient (Wildman–Crippen LogP) is -0.220. The number of carboxylic acids is 1. The molecule has 1 aromatic heterocycles. The van der Waals surface area contributed by atoms with Crippen molar-refractivity contribution in [3.63, 3.8) is 0 Å². The zero-order valence-corrected chi connectivity index (χ0v) is 6.81. The maximum atomic E-state index is 12.2. The van der Waals surface area contributed by atoms with E-state index in [1.54, 1.807) is 0 Å². The molecule has 0 saturated carbocycles. The summed E-state index contributed by atoms with van der Waals surface area (Å²) < 4.78 is 36.6. The van der Waals surface area contributed by atoms with Gasteiger partial charge in [0.2, 0.25) is 0 Å². The van der Waals surface area contributed by atoms with Crippen molar-refractivity contribution >= 4 is 5.97 Å². The summed E-state index contributed by atoms with van der Waals surface area (Å²) in [6, 6.07) is 0. The second-order valence-corrected chi connectivity index (χ2v) is 2.46. The van der Waals surface area contributed by atoms with E-state index < -0.39 is 34.7 Å². The largest absolute Gasteiger partial charge is 0.477 e. The highest BCUT2D eigenvalue weighted by atomic mass is 19.4. The molecule has 0 bridgehead atoms. The van der Waals surface area contributed by atoms with Crippen LogP contribution < -0.4 is 11.2 Å². The highest BCUT2D eigenvalue weighted by Crippen LogP contribution is 2.27. The lowest BCUT2D eigenvalue weighted by molar-refractivity contribution is -0.139. The molecule has 0 atom stereocenters. The second-order valence-electron chi connectivity index (χ2n) is 2.46. The molecule has 0 saturated heterocycles. The number of halogens is 3. The van der Waals surface area contributed by atoms with Gasteiger partial charge in [-0.05, 0) is 0 Å². The quantitative estimate of drug-likeness (QED) is 0.613. The van der Waals surface area contributed by atoms with Crippen LogP contribution in [0, 0.1) is 0 Å². The molecule has 0 aliphatic rings. The average Bonchev–Trinajstić information content (AvgIpc) is 1.99. The van der Waals surface area contributed by atoms with Crippen molar-refractivity contribution in [3.8, 4) is 0 Å². The van der Waals surface area contributed by atoms with E-state index in [9.17, 15) is 27.6 Å². The Hall–Kier alpha value is -2.06. The third kappa shape index (κ3) is 2.06. The van der Waals surface area contributed by atoms with Crippen LogP contribution in [0.15, 0.2) is 9.59 Å². The summed E-state index contributed by atoms with van der Waals surface area (Å²) in [5.74, 6) is -2.04. The van der Waals surface area contributed by atoms with Crippen molar-refractivity contribution in [3.05, 3.63) is 32.1 Å². The molecule has 0 fully saturated rings. The van der Waals surface area contributed by atoms with E-state index in [-0.39, 0.29) is 0 Å². The Balaban J connectivity index is 3.70. The molecule has 0 aromatic carbocycles. The fourth-order valence-electron chi connectivity index (χ4n) is 0.917. The monoisotopic (exact) mass is 224 g/mol. The van der Waals surface area contributed by atoms with Crippen LogP contribution in [0.2, 0.25) is 0 Å². The summed E-state index contributed by atoms with van der Waals surface area (Å²) in [6.07, 6.45) is -5.15. The Morgan fingerprint density at radius 2 is 1.73 bits per heavy atom. The zero-order chi connectivity index (χ0) is 11.8. The van der Waals surface area contributed by atoms with Crippen molar-refractivity contribution in [1.29, 1.82) is 0 Å². The molecule has 0 amide bonds. The van der Waals surface area contributed by atoms with Gasteiger partial charge in [0, 0.05) is 0 Å². The Kier molecular flexibility index (Phi) is 2.39. The highest BCUT2D eigenvalue weighted by molar-refractivity contribution is 5.87. The number of carboxylic acid groups (broad SMARTS) is 1. The van der Waals surface area contributed by atoms with E-state index in [4.69, 9.17) is 5.11 Å². The van der Waals surface area contributed by atoms with Crippen LogP contribution in [-0.2, 0) is 6.18 Å².